The summed E-state index contributed by atoms with van der Waals surface area (Å²) in [6.07, 6.45) is 0.166. The van der Waals surface area contributed by atoms with Gasteiger partial charge in [-0.2, -0.15) is 0 Å². The van der Waals surface area contributed by atoms with Crippen molar-refractivity contribution in [3.05, 3.63) is 48.5 Å². The largest absolute Gasteiger partial charge is 0.497 e. The zero-order valence-electron chi connectivity index (χ0n) is 16.8. The van der Waals surface area contributed by atoms with Crippen LogP contribution in [0.5, 0.6) is 11.5 Å². The summed E-state index contributed by atoms with van der Waals surface area (Å²) in [6.45, 7) is 3.13. The lowest BCUT2D eigenvalue weighted by Crippen LogP contribution is -2.41. The Kier molecular flexibility index (Phi) is 5.20. The number of amides is 1. The molecule has 29 heavy (non-hydrogen) atoms. The lowest BCUT2D eigenvalue weighted by atomic mass is 10.2. The number of ether oxygens (including phenoxy) is 2. The second kappa shape index (κ2) is 7.95. The predicted molar refractivity (Wildman–Crippen MR) is 113 cm³/mol. The number of anilines is 2. The summed E-state index contributed by atoms with van der Waals surface area (Å²) in [4.78, 5) is 26.6. The molecule has 0 fully saturated rings. The van der Waals surface area contributed by atoms with Gasteiger partial charge in [0.05, 0.1) is 18.1 Å². The molecule has 150 valence electrons. The molecule has 7 heteroatoms. The molecule has 0 N–H and O–H groups in total. The number of benzene rings is 2. The highest BCUT2D eigenvalue weighted by Crippen LogP contribution is 2.31. The van der Waals surface area contributed by atoms with Gasteiger partial charge in [0.25, 0.3) is 5.91 Å². The molecule has 1 aliphatic rings. The van der Waals surface area contributed by atoms with Crippen LogP contribution in [-0.2, 0) is 4.79 Å². The number of rotatable bonds is 4. The second-order valence-electron chi connectivity index (χ2n) is 7.06. The fraction of sp³-hybridized carbons (Fsp3) is 0.318. The lowest BCUT2D eigenvalue weighted by molar-refractivity contribution is -0.124. The average Bonchev–Trinajstić information content (AvgIpc) is 2.91. The molecule has 1 aliphatic heterocycles. The van der Waals surface area contributed by atoms with Crippen LogP contribution in [0.2, 0.25) is 0 Å². The number of carbonyl (C=O) groups excluding carboxylic acids is 1. The maximum Gasteiger partial charge on any atom is 0.269 e. The predicted octanol–water partition coefficient (Wildman–Crippen LogP) is 3.28. The highest BCUT2D eigenvalue weighted by atomic mass is 16.5. The molecule has 7 nitrogen and oxygen atoms in total. The smallest absolute Gasteiger partial charge is 0.269 e. The van der Waals surface area contributed by atoms with Crippen molar-refractivity contribution >= 4 is 28.6 Å². The summed E-state index contributed by atoms with van der Waals surface area (Å²) in [5, 5.41) is 0. The van der Waals surface area contributed by atoms with E-state index in [4.69, 9.17) is 19.4 Å². The summed E-state index contributed by atoms with van der Waals surface area (Å²) < 4.78 is 11.1. The topological polar surface area (TPSA) is 67.8 Å². The van der Waals surface area contributed by atoms with Gasteiger partial charge in [0.1, 0.15) is 11.5 Å². The van der Waals surface area contributed by atoms with Crippen molar-refractivity contribution in [2.24, 2.45) is 0 Å². The number of carbonyl (C=O) groups is 1. The Balaban J connectivity index is 1.63. The van der Waals surface area contributed by atoms with Crippen LogP contribution < -0.4 is 19.3 Å². The number of fused-ring (bicyclic) bond motifs is 2. The number of aromatic nitrogens is 2. The molecular formula is C22H24N4O3. The number of para-hydroxylation sites is 2. The first-order valence-corrected chi connectivity index (χ1v) is 9.67. The number of hydrogen-bond acceptors (Lipinski definition) is 6. The van der Waals surface area contributed by atoms with Crippen LogP contribution in [0.3, 0.4) is 0 Å². The van der Waals surface area contributed by atoms with Gasteiger partial charge in [-0.05, 0) is 49.7 Å². The summed E-state index contributed by atoms with van der Waals surface area (Å²) in [7, 11) is 3.59. The number of hydrogen-bond donors (Lipinski definition) is 0. The Morgan fingerprint density at radius 3 is 2.24 bits per heavy atom. The van der Waals surface area contributed by atoms with Crippen molar-refractivity contribution in [3.8, 4) is 11.5 Å². The zero-order valence-corrected chi connectivity index (χ0v) is 16.8. The van der Waals surface area contributed by atoms with E-state index in [1.807, 2.05) is 31.3 Å². The molecule has 1 aromatic heterocycles. The van der Waals surface area contributed by atoms with Crippen molar-refractivity contribution in [2.75, 3.05) is 37.0 Å². The maximum absolute atomic E-state index is 13.3. The molecule has 0 bridgehead atoms. The van der Waals surface area contributed by atoms with Crippen LogP contribution in [0.25, 0.3) is 11.0 Å². The minimum atomic E-state index is -0.659. The molecule has 0 radical (unpaired) electrons. The fourth-order valence-electron chi connectivity index (χ4n) is 3.44. The molecule has 0 aliphatic carbocycles. The molecule has 0 spiro atoms. The Morgan fingerprint density at radius 1 is 0.966 bits per heavy atom. The normalized spacial score (nSPS) is 14.9. The molecule has 1 atom stereocenters. The summed E-state index contributed by atoms with van der Waals surface area (Å²) >= 11 is 0. The van der Waals surface area contributed by atoms with Gasteiger partial charge in [-0.25, -0.2) is 9.97 Å². The van der Waals surface area contributed by atoms with E-state index >= 15 is 0 Å². The van der Waals surface area contributed by atoms with Crippen LogP contribution >= 0.6 is 0 Å². The van der Waals surface area contributed by atoms with Crippen molar-refractivity contribution in [3.63, 3.8) is 0 Å². The van der Waals surface area contributed by atoms with Crippen LogP contribution in [-0.4, -0.2) is 49.2 Å². The Morgan fingerprint density at radius 2 is 1.59 bits per heavy atom. The van der Waals surface area contributed by atoms with E-state index in [0.29, 0.717) is 23.9 Å². The van der Waals surface area contributed by atoms with E-state index in [9.17, 15) is 4.79 Å². The Hall–Kier alpha value is -3.35. The average molecular weight is 392 g/mol. The van der Waals surface area contributed by atoms with Crippen molar-refractivity contribution in [1.82, 2.24) is 9.97 Å². The first-order chi connectivity index (χ1) is 14.1. The van der Waals surface area contributed by atoms with Gasteiger partial charge in [0.15, 0.2) is 17.7 Å². The number of nitrogens with zero attached hydrogens (tertiary/aromatic N) is 4. The summed E-state index contributed by atoms with van der Waals surface area (Å²) in [5.41, 5.74) is 1.58. The van der Waals surface area contributed by atoms with Crippen molar-refractivity contribution in [1.29, 1.82) is 0 Å². The van der Waals surface area contributed by atoms with E-state index in [2.05, 4.69) is 4.90 Å². The molecule has 0 unspecified atom stereocenters. The highest BCUT2D eigenvalue weighted by Gasteiger charge is 2.30. The molecule has 2 aromatic carbocycles. The SMILES string of the molecule is COc1ccc(O[C@H](C)C(=O)N2CCCN(C)c3nc4ccccc4nc32)cc1. The minimum Gasteiger partial charge on any atom is -0.497 e. The molecule has 3 aromatic rings. The van der Waals surface area contributed by atoms with Crippen LogP contribution in [0.4, 0.5) is 11.6 Å². The van der Waals surface area contributed by atoms with Gasteiger partial charge in [-0.3, -0.25) is 9.69 Å². The Labute approximate surface area is 169 Å². The van der Waals surface area contributed by atoms with Gasteiger partial charge in [-0.1, -0.05) is 12.1 Å². The van der Waals surface area contributed by atoms with Gasteiger partial charge in [0.2, 0.25) is 0 Å². The molecule has 4 rings (SSSR count). The fourth-order valence-corrected chi connectivity index (χ4v) is 3.44. The number of methoxy groups -OCH3 is 1. The van der Waals surface area contributed by atoms with Gasteiger partial charge >= 0.3 is 0 Å². The third-order valence-electron chi connectivity index (χ3n) is 5.01. The second-order valence-corrected chi connectivity index (χ2v) is 7.06. The van der Waals surface area contributed by atoms with Crippen molar-refractivity contribution in [2.45, 2.75) is 19.4 Å². The van der Waals surface area contributed by atoms with E-state index in [1.165, 1.54) is 0 Å². The van der Waals surface area contributed by atoms with E-state index in [1.54, 1.807) is 43.2 Å². The van der Waals surface area contributed by atoms with E-state index < -0.39 is 6.10 Å². The molecular weight excluding hydrogens is 368 g/mol. The standard InChI is InChI=1S/C22H24N4O3/c1-15(29-17-11-9-16(28-3)10-12-17)22(27)26-14-6-13-25(2)20-21(26)24-19-8-5-4-7-18(19)23-20/h4-5,7-12,15H,6,13-14H2,1-3H3/t15-/m1/s1. The molecule has 0 saturated carbocycles. The first-order valence-electron chi connectivity index (χ1n) is 9.67. The molecule has 0 saturated heterocycles. The summed E-state index contributed by atoms with van der Waals surface area (Å²) in [6, 6.07) is 14.9. The monoisotopic (exact) mass is 392 g/mol. The third kappa shape index (κ3) is 3.81. The van der Waals surface area contributed by atoms with E-state index in [-0.39, 0.29) is 5.91 Å². The van der Waals surface area contributed by atoms with Gasteiger partial charge < -0.3 is 14.4 Å². The first kappa shape index (κ1) is 19.0. The van der Waals surface area contributed by atoms with Crippen LogP contribution in [0, 0.1) is 0 Å². The Bertz CT molecular complexity index is 1020. The van der Waals surface area contributed by atoms with Crippen molar-refractivity contribution < 1.29 is 14.3 Å². The summed E-state index contributed by atoms with van der Waals surface area (Å²) in [5.74, 6) is 2.51. The van der Waals surface area contributed by atoms with Gasteiger partial charge in [-0.15, -0.1) is 0 Å². The quantitative estimate of drug-likeness (QED) is 0.679. The zero-order chi connectivity index (χ0) is 20.4. The molecule has 1 amide bonds. The highest BCUT2D eigenvalue weighted by molar-refractivity contribution is 5.99. The molecule has 2 heterocycles. The van der Waals surface area contributed by atoms with Crippen LogP contribution in [0.15, 0.2) is 48.5 Å². The van der Waals surface area contributed by atoms with Crippen LogP contribution in [0.1, 0.15) is 13.3 Å². The lowest BCUT2D eigenvalue weighted by Gasteiger charge is -2.25. The maximum atomic E-state index is 13.3. The van der Waals surface area contributed by atoms with Gasteiger partial charge in [0, 0.05) is 20.1 Å². The third-order valence-corrected chi connectivity index (χ3v) is 5.01. The minimum absolute atomic E-state index is 0.137. The van der Waals surface area contributed by atoms with E-state index in [0.717, 1.165) is 29.7 Å².